The van der Waals surface area contributed by atoms with E-state index in [-0.39, 0.29) is 30.6 Å². The first-order valence-corrected chi connectivity index (χ1v) is 8.49. The molecule has 2 aromatic rings. The second kappa shape index (κ2) is 8.58. The van der Waals surface area contributed by atoms with E-state index in [9.17, 15) is 14.0 Å². The van der Waals surface area contributed by atoms with E-state index in [0.29, 0.717) is 4.90 Å². The van der Waals surface area contributed by atoms with Crippen LogP contribution in [0.2, 0.25) is 0 Å². The molecule has 1 atom stereocenters. The van der Waals surface area contributed by atoms with Crippen LogP contribution in [0.3, 0.4) is 0 Å². The van der Waals surface area contributed by atoms with E-state index in [4.69, 9.17) is 0 Å². The minimum absolute atomic E-state index is 0.0630. The minimum Gasteiger partial charge on any atom is -0.322 e. The van der Waals surface area contributed by atoms with Crippen molar-refractivity contribution in [1.82, 2.24) is 0 Å². The van der Waals surface area contributed by atoms with Gasteiger partial charge in [0.2, 0.25) is 0 Å². The van der Waals surface area contributed by atoms with E-state index in [0.717, 1.165) is 22.4 Å². The summed E-state index contributed by atoms with van der Waals surface area (Å²) in [6.45, 7) is 5.91. The summed E-state index contributed by atoms with van der Waals surface area (Å²) in [5.74, 6) is -0.987. The molecule has 0 aliphatic rings. The average molecular weight is 358 g/mol. The molecule has 3 N–H and O–H groups in total. The van der Waals surface area contributed by atoms with Crippen molar-refractivity contribution in [1.29, 1.82) is 0 Å². The van der Waals surface area contributed by atoms with Gasteiger partial charge in [0, 0.05) is 5.69 Å². The van der Waals surface area contributed by atoms with Gasteiger partial charge in [0.25, 0.3) is 11.8 Å². The van der Waals surface area contributed by atoms with E-state index < -0.39 is 5.82 Å². The molecule has 26 heavy (non-hydrogen) atoms. The number of hydrogen-bond acceptors (Lipinski definition) is 2. The molecule has 0 aliphatic heterocycles. The minimum atomic E-state index is -0.469. The lowest BCUT2D eigenvalue weighted by atomic mass is 10.1. The summed E-state index contributed by atoms with van der Waals surface area (Å²) in [7, 11) is 1.74. The quantitative estimate of drug-likeness (QED) is 0.738. The first-order chi connectivity index (χ1) is 12.3. The lowest BCUT2D eigenvalue weighted by molar-refractivity contribution is -0.862. The van der Waals surface area contributed by atoms with Gasteiger partial charge in [-0.25, -0.2) is 4.39 Å². The second-order valence-corrected chi connectivity index (χ2v) is 6.64. The maximum Gasteiger partial charge on any atom is 0.279 e. The van der Waals surface area contributed by atoms with Crippen LogP contribution in [0.5, 0.6) is 0 Å². The number of carbonyl (C=O) groups excluding carboxylic acids is 2. The van der Waals surface area contributed by atoms with Crippen LogP contribution in [0.25, 0.3) is 0 Å². The molecule has 0 bridgehead atoms. The third-order valence-electron chi connectivity index (χ3n) is 4.20. The first-order valence-electron chi connectivity index (χ1n) is 8.49. The topological polar surface area (TPSA) is 62.6 Å². The third kappa shape index (κ3) is 5.39. The molecule has 0 saturated heterocycles. The van der Waals surface area contributed by atoms with Crippen LogP contribution >= 0.6 is 0 Å². The van der Waals surface area contributed by atoms with Crippen LogP contribution in [0.1, 0.15) is 16.7 Å². The van der Waals surface area contributed by atoms with Crippen molar-refractivity contribution in [2.24, 2.45) is 0 Å². The molecule has 2 aromatic carbocycles. The van der Waals surface area contributed by atoms with Gasteiger partial charge in [-0.05, 0) is 55.7 Å². The predicted molar refractivity (Wildman–Crippen MR) is 101 cm³/mol. The van der Waals surface area contributed by atoms with E-state index in [1.807, 2.05) is 32.0 Å². The zero-order valence-corrected chi connectivity index (χ0v) is 15.6. The Kier molecular flexibility index (Phi) is 6.46. The molecule has 138 valence electrons. The Balaban J connectivity index is 1.87. The number of carbonyl (C=O) groups is 2. The molecule has 6 heteroatoms. The molecule has 0 aliphatic carbocycles. The van der Waals surface area contributed by atoms with Crippen molar-refractivity contribution in [2.45, 2.75) is 20.8 Å². The van der Waals surface area contributed by atoms with Gasteiger partial charge in [0.05, 0.1) is 12.7 Å². The first kappa shape index (κ1) is 19.6. The Morgan fingerprint density at radius 1 is 0.962 bits per heavy atom. The molecule has 0 spiro atoms. The Hall–Kier alpha value is -2.73. The summed E-state index contributed by atoms with van der Waals surface area (Å²) < 4.78 is 13.8. The number of benzene rings is 2. The molecule has 0 heterocycles. The highest BCUT2D eigenvalue weighted by atomic mass is 19.1. The molecule has 0 radical (unpaired) electrons. The number of amides is 2. The Morgan fingerprint density at radius 3 is 2.19 bits per heavy atom. The third-order valence-corrected chi connectivity index (χ3v) is 4.20. The number of rotatable bonds is 6. The lowest BCUT2D eigenvalue weighted by Gasteiger charge is -2.15. The molecule has 0 fully saturated rings. The zero-order valence-electron chi connectivity index (χ0n) is 15.6. The van der Waals surface area contributed by atoms with Crippen molar-refractivity contribution in [3.8, 4) is 0 Å². The van der Waals surface area contributed by atoms with Gasteiger partial charge >= 0.3 is 0 Å². The highest BCUT2D eigenvalue weighted by Crippen LogP contribution is 2.17. The fourth-order valence-corrected chi connectivity index (χ4v) is 2.61. The van der Waals surface area contributed by atoms with Crippen molar-refractivity contribution < 1.29 is 18.9 Å². The molecule has 0 aromatic heterocycles. The lowest BCUT2D eigenvalue weighted by Crippen LogP contribution is -3.11. The molecule has 2 amide bonds. The Morgan fingerprint density at radius 2 is 1.58 bits per heavy atom. The monoisotopic (exact) mass is 358 g/mol. The van der Waals surface area contributed by atoms with Crippen molar-refractivity contribution in [3.63, 3.8) is 0 Å². The summed E-state index contributed by atoms with van der Waals surface area (Å²) in [5.41, 5.74) is 3.82. The normalized spacial score (nSPS) is 11.7. The highest BCUT2D eigenvalue weighted by molar-refractivity contribution is 5.93. The summed E-state index contributed by atoms with van der Waals surface area (Å²) in [4.78, 5) is 25.0. The van der Waals surface area contributed by atoms with Gasteiger partial charge in [0.15, 0.2) is 13.1 Å². The van der Waals surface area contributed by atoms with Crippen LogP contribution in [0.4, 0.5) is 15.8 Å². The van der Waals surface area contributed by atoms with Gasteiger partial charge in [-0.1, -0.05) is 18.2 Å². The van der Waals surface area contributed by atoms with Crippen LogP contribution < -0.4 is 15.5 Å². The number of anilines is 2. The van der Waals surface area contributed by atoms with Crippen LogP contribution in [0.15, 0.2) is 36.4 Å². The van der Waals surface area contributed by atoms with Crippen LogP contribution in [-0.4, -0.2) is 32.0 Å². The Bertz CT molecular complexity index is 821. The number of aryl methyl sites for hydroxylation is 2. The average Bonchev–Trinajstić information content (AvgIpc) is 2.54. The largest absolute Gasteiger partial charge is 0.322 e. The van der Waals surface area contributed by atoms with Gasteiger partial charge in [-0.3, -0.25) is 9.59 Å². The van der Waals surface area contributed by atoms with E-state index >= 15 is 0 Å². The van der Waals surface area contributed by atoms with E-state index in [1.165, 1.54) is 12.1 Å². The van der Waals surface area contributed by atoms with Gasteiger partial charge in [0.1, 0.15) is 5.82 Å². The fraction of sp³-hybridized carbons (Fsp3) is 0.300. The number of nitrogens with one attached hydrogen (secondary N) is 3. The summed E-state index contributed by atoms with van der Waals surface area (Å²) in [6, 6.07) is 10.3. The smallest absolute Gasteiger partial charge is 0.279 e. The van der Waals surface area contributed by atoms with Gasteiger partial charge < -0.3 is 15.5 Å². The van der Waals surface area contributed by atoms with Gasteiger partial charge in [-0.15, -0.1) is 0 Å². The summed E-state index contributed by atoms with van der Waals surface area (Å²) in [5, 5.41) is 5.41. The standard InChI is InChI=1S/C20H24FN3O2/c1-13-8-9-18(16(21)10-13)23-20(26)12-24(4)11-19(25)22-17-7-5-6-14(2)15(17)3/h5-10H,11-12H2,1-4H3,(H,22,25)(H,23,26)/p+1. The summed E-state index contributed by atoms with van der Waals surface area (Å²) >= 11 is 0. The van der Waals surface area contributed by atoms with E-state index in [1.54, 1.807) is 20.0 Å². The molecule has 0 saturated carbocycles. The van der Waals surface area contributed by atoms with E-state index in [2.05, 4.69) is 10.6 Å². The highest BCUT2D eigenvalue weighted by Gasteiger charge is 2.16. The fourth-order valence-electron chi connectivity index (χ4n) is 2.61. The summed E-state index contributed by atoms with van der Waals surface area (Å²) in [6.07, 6.45) is 0. The molecule has 5 nitrogen and oxygen atoms in total. The molecule has 2 rings (SSSR count). The molecule has 1 unspecified atom stereocenters. The SMILES string of the molecule is Cc1ccc(NC(=O)C[NH+](C)CC(=O)Nc2cccc(C)c2C)c(F)c1. The number of hydrogen-bond donors (Lipinski definition) is 3. The van der Waals surface area contributed by atoms with Crippen molar-refractivity contribution in [2.75, 3.05) is 30.8 Å². The second-order valence-electron chi connectivity index (χ2n) is 6.64. The maximum absolute atomic E-state index is 13.8. The van der Waals surface area contributed by atoms with Gasteiger partial charge in [-0.2, -0.15) is 0 Å². The zero-order chi connectivity index (χ0) is 19.3. The number of halogens is 1. The van der Waals surface area contributed by atoms with Crippen LogP contribution in [-0.2, 0) is 9.59 Å². The van der Waals surface area contributed by atoms with Crippen molar-refractivity contribution >= 4 is 23.2 Å². The molecular weight excluding hydrogens is 333 g/mol. The maximum atomic E-state index is 13.8. The van der Waals surface area contributed by atoms with Crippen LogP contribution in [0, 0.1) is 26.6 Å². The predicted octanol–water partition coefficient (Wildman–Crippen LogP) is 1.84. The van der Waals surface area contributed by atoms with Crippen molar-refractivity contribution in [3.05, 3.63) is 58.9 Å². The number of quaternary nitrogens is 1. The number of likely N-dealkylation sites (N-methyl/N-ethyl adjacent to an activating group) is 1. The molecular formula is C20H25FN3O2+. The Labute approximate surface area is 153 Å².